The van der Waals surface area contributed by atoms with Gasteiger partial charge in [-0.15, -0.1) is 0 Å². The number of carboxylic acids is 1. The third-order valence-corrected chi connectivity index (χ3v) is 6.20. The number of aliphatic carboxylic acids is 1. The number of hydrogen-bond acceptors (Lipinski definition) is 5. The Morgan fingerprint density at radius 2 is 1.71 bits per heavy atom. The van der Waals surface area contributed by atoms with Gasteiger partial charge < -0.3 is 25.0 Å². The Morgan fingerprint density at radius 3 is 2.34 bits per heavy atom. The summed E-state index contributed by atoms with van der Waals surface area (Å²) in [6.45, 7) is 2.73. The molecule has 1 aromatic heterocycles. The van der Waals surface area contributed by atoms with Gasteiger partial charge in [-0.05, 0) is 28.7 Å². The van der Waals surface area contributed by atoms with Gasteiger partial charge in [0.2, 0.25) is 0 Å². The lowest BCUT2D eigenvalue weighted by atomic mass is 9.98. The number of fused-ring (bicyclic) bond motifs is 3. The zero-order chi connectivity index (χ0) is 24.8. The average Bonchev–Trinajstić information content (AvgIpc) is 3.46. The van der Waals surface area contributed by atoms with Crippen molar-refractivity contribution in [2.75, 3.05) is 19.7 Å². The van der Waals surface area contributed by atoms with E-state index in [1.54, 1.807) is 17.7 Å². The second-order valence-corrected chi connectivity index (χ2v) is 8.40. The van der Waals surface area contributed by atoms with Gasteiger partial charge in [-0.25, -0.2) is 9.78 Å². The molecule has 9 heteroatoms. The third-order valence-electron chi connectivity index (χ3n) is 6.20. The normalized spacial score (nSPS) is 12.9. The number of carboxylic acid groups (broad SMARTS) is 1. The van der Waals surface area contributed by atoms with E-state index in [2.05, 4.69) is 39.9 Å². The Balaban J connectivity index is 1.23. The van der Waals surface area contributed by atoms with E-state index in [0.717, 1.165) is 11.1 Å². The zero-order valence-electron chi connectivity index (χ0n) is 19.4. The van der Waals surface area contributed by atoms with E-state index >= 15 is 0 Å². The molecule has 3 N–H and O–H groups in total. The van der Waals surface area contributed by atoms with Crippen LogP contribution in [0.5, 0.6) is 0 Å². The fraction of sp³-hybridized carbons (Fsp3) is 0.308. The molecule has 4 rings (SSSR count). The van der Waals surface area contributed by atoms with Crippen molar-refractivity contribution in [2.24, 2.45) is 5.92 Å². The van der Waals surface area contributed by atoms with Crippen molar-refractivity contribution in [3.63, 3.8) is 0 Å². The fourth-order valence-electron chi connectivity index (χ4n) is 4.25. The smallest absolute Gasteiger partial charge is 0.407 e. The topological polar surface area (TPSA) is 123 Å². The Bertz CT molecular complexity index is 1180. The number of carbonyl (C=O) groups excluding carboxylic acids is 2. The molecule has 1 aliphatic carbocycles. The number of imidazole rings is 1. The van der Waals surface area contributed by atoms with Crippen LogP contribution in [-0.2, 0) is 16.1 Å². The molecule has 0 spiro atoms. The maximum absolute atomic E-state index is 12.3. The van der Waals surface area contributed by atoms with Crippen molar-refractivity contribution in [3.05, 3.63) is 77.9 Å². The molecule has 1 aliphatic rings. The molecule has 1 atom stereocenters. The highest BCUT2D eigenvalue weighted by molar-refractivity contribution is 5.92. The van der Waals surface area contributed by atoms with Crippen molar-refractivity contribution in [1.29, 1.82) is 0 Å². The molecule has 1 unspecified atom stereocenters. The van der Waals surface area contributed by atoms with Crippen LogP contribution in [0.25, 0.3) is 11.1 Å². The second-order valence-electron chi connectivity index (χ2n) is 8.40. The Hall–Kier alpha value is -4.14. The van der Waals surface area contributed by atoms with Gasteiger partial charge in [-0.1, -0.05) is 55.5 Å². The molecule has 0 bridgehead atoms. The molecule has 0 radical (unpaired) electrons. The first-order valence-electron chi connectivity index (χ1n) is 11.6. The number of aromatic nitrogens is 2. The van der Waals surface area contributed by atoms with Crippen molar-refractivity contribution in [1.82, 2.24) is 20.2 Å². The van der Waals surface area contributed by atoms with Crippen LogP contribution in [0.4, 0.5) is 4.79 Å². The number of nitrogens with one attached hydrogen (secondary N) is 2. The summed E-state index contributed by atoms with van der Waals surface area (Å²) in [5.41, 5.74) is 4.83. The summed E-state index contributed by atoms with van der Waals surface area (Å²) in [6.07, 6.45) is 2.95. The average molecular weight is 477 g/mol. The summed E-state index contributed by atoms with van der Waals surface area (Å²) >= 11 is 0. The van der Waals surface area contributed by atoms with Crippen LogP contribution in [0, 0.1) is 5.92 Å². The lowest BCUT2D eigenvalue weighted by Crippen LogP contribution is -2.32. The number of ether oxygens (including phenoxy) is 1. The van der Waals surface area contributed by atoms with Gasteiger partial charge in [0.05, 0.1) is 12.2 Å². The van der Waals surface area contributed by atoms with Gasteiger partial charge in [0, 0.05) is 31.7 Å². The standard InChI is InChI=1S/C26H28N4O5/c1-2-17(25(32)33)13-28-24(31)23-14-30(16-29-23)12-11-27-26(34)35-15-22-20-9-5-3-7-18(20)19-8-4-6-10-21(19)22/h3-10,14,16-17,22H,2,11-13,15H2,1H3,(H,27,34)(H,28,31)(H,32,33). The number of rotatable bonds is 10. The monoisotopic (exact) mass is 476 g/mol. The Labute approximate surface area is 203 Å². The predicted molar refractivity (Wildman–Crippen MR) is 129 cm³/mol. The molecule has 2 amide bonds. The van der Waals surface area contributed by atoms with E-state index in [4.69, 9.17) is 9.84 Å². The summed E-state index contributed by atoms with van der Waals surface area (Å²) < 4.78 is 7.19. The first-order chi connectivity index (χ1) is 17.0. The molecule has 3 aromatic rings. The van der Waals surface area contributed by atoms with Crippen LogP contribution in [-0.4, -0.2) is 52.3 Å². The first-order valence-corrected chi connectivity index (χ1v) is 11.6. The summed E-state index contributed by atoms with van der Waals surface area (Å²) in [5, 5.41) is 14.4. The number of alkyl carbamates (subject to hydrolysis) is 1. The van der Waals surface area contributed by atoms with Gasteiger partial charge in [0.15, 0.2) is 0 Å². The van der Waals surface area contributed by atoms with Crippen LogP contribution in [0.2, 0.25) is 0 Å². The molecule has 0 saturated carbocycles. The second kappa shape index (κ2) is 10.9. The number of amides is 2. The maximum Gasteiger partial charge on any atom is 0.407 e. The van der Waals surface area contributed by atoms with E-state index < -0.39 is 23.9 Å². The Kier molecular flexibility index (Phi) is 7.45. The molecule has 0 aliphatic heterocycles. The van der Waals surface area contributed by atoms with E-state index in [1.807, 2.05) is 24.3 Å². The quantitative estimate of drug-likeness (QED) is 0.413. The number of hydrogen-bond donors (Lipinski definition) is 3. The molecular formula is C26H28N4O5. The summed E-state index contributed by atoms with van der Waals surface area (Å²) in [4.78, 5) is 39.6. The minimum absolute atomic E-state index is 0.00342. The van der Waals surface area contributed by atoms with Gasteiger partial charge in [0.1, 0.15) is 12.3 Å². The van der Waals surface area contributed by atoms with Crippen molar-refractivity contribution in [2.45, 2.75) is 25.8 Å². The molecule has 9 nitrogen and oxygen atoms in total. The van der Waals surface area contributed by atoms with Crippen molar-refractivity contribution in [3.8, 4) is 11.1 Å². The maximum atomic E-state index is 12.3. The third kappa shape index (κ3) is 5.51. The largest absolute Gasteiger partial charge is 0.481 e. The van der Waals surface area contributed by atoms with Crippen molar-refractivity contribution >= 4 is 18.0 Å². The van der Waals surface area contributed by atoms with Crippen LogP contribution >= 0.6 is 0 Å². The minimum Gasteiger partial charge on any atom is -0.481 e. The highest BCUT2D eigenvalue weighted by Gasteiger charge is 2.29. The van der Waals surface area contributed by atoms with Gasteiger partial charge in [-0.2, -0.15) is 0 Å². The molecular weight excluding hydrogens is 448 g/mol. The van der Waals surface area contributed by atoms with Crippen LogP contribution in [0.15, 0.2) is 61.1 Å². The number of carbonyl (C=O) groups is 3. The van der Waals surface area contributed by atoms with Crippen LogP contribution in [0.1, 0.15) is 40.9 Å². The molecule has 2 aromatic carbocycles. The van der Waals surface area contributed by atoms with Gasteiger partial charge in [-0.3, -0.25) is 9.59 Å². The molecule has 182 valence electrons. The summed E-state index contributed by atoms with van der Waals surface area (Å²) in [7, 11) is 0. The highest BCUT2D eigenvalue weighted by Crippen LogP contribution is 2.44. The first kappa shape index (κ1) is 24.0. The predicted octanol–water partition coefficient (Wildman–Crippen LogP) is 3.26. The molecule has 0 fully saturated rings. The van der Waals surface area contributed by atoms with Gasteiger partial charge in [0.25, 0.3) is 5.91 Å². The van der Waals surface area contributed by atoms with Gasteiger partial charge >= 0.3 is 12.1 Å². The molecule has 0 saturated heterocycles. The Morgan fingerprint density at radius 1 is 1.06 bits per heavy atom. The van der Waals surface area contributed by atoms with Crippen LogP contribution < -0.4 is 10.6 Å². The number of nitrogens with zero attached hydrogens (tertiary/aromatic N) is 2. The highest BCUT2D eigenvalue weighted by atomic mass is 16.5. The van der Waals surface area contributed by atoms with Crippen molar-refractivity contribution < 1.29 is 24.2 Å². The number of benzene rings is 2. The zero-order valence-corrected chi connectivity index (χ0v) is 19.4. The lowest BCUT2D eigenvalue weighted by molar-refractivity contribution is -0.141. The SMILES string of the molecule is CCC(CNC(=O)c1cn(CCNC(=O)OCC2c3ccccc3-c3ccccc32)cn1)C(=O)O. The van der Waals surface area contributed by atoms with Crippen LogP contribution in [0.3, 0.4) is 0 Å². The van der Waals surface area contributed by atoms with E-state index in [1.165, 1.54) is 17.5 Å². The summed E-state index contributed by atoms with van der Waals surface area (Å²) in [5.74, 6) is -2.02. The lowest BCUT2D eigenvalue weighted by Gasteiger charge is -2.14. The molecule has 35 heavy (non-hydrogen) atoms. The van der Waals surface area contributed by atoms with E-state index in [9.17, 15) is 14.4 Å². The van der Waals surface area contributed by atoms with E-state index in [-0.39, 0.29) is 24.8 Å². The minimum atomic E-state index is -0.947. The summed E-state index contributed by atoms with van der Waals surface area (Å²) in [6, 6.07) is 16.3. The van der Waals surface area contributed by atoms with E-state index in [0.29, 0.717) is 19.5 Å². The fourth-order valence-corrected chi connectivity index (χ4v) is 4.25. The molecule has 1 heterocycles.